The fourth-order valence-electron chi connectivity index (χ4n) is 1.67. The molecule has 18 heavy (non-hydrogen) atoms. The molecule has 1 heterocycles. The van der Waals surface area contributed by atoms with Crippen molar-refractivity contribution in [3.63, 3.8) is 0 Å². The second-order valence-corrected chi connectivity index (χ2v) is 4.47. The van der Waals surface area contributed by atoms with Gasteiger partial charge in [-0.25, -0.2) is 0 Å². The molecule has 0 aromatic carbocycles. The summed E-state index contributed by atoms with van der Waals surface area (Å²) in [4.78, 5) is 46.6. The molecule has 7 heteroatoms. The molecule has 3 atom stereocenters. The van der Waals surface area contributed by atoms with Crippen molar-refractivity contribution in [1.29, 1.82) is 0 Å². The van der Waals surface area contributed by atoms with Crippen LogP contribution in [0.2, 0.25) is 0 Å². The molecule has 0 bridgehead atoms. The number of carbonyl (C=O) groups excluding carboxylic acids is 3. The molecular weight excluding hydrogens is 240 g/mol. The van der Waals surface area contributed by atoms with E-state index in [4.69, 9.17) is 5.11 Å². The maximum Gasteiger partial charge on any atom is 0.307 e. The van der Waals surface area contributed by atoms with E-state index in [1.165, 1.54) is 20.8 Å². The van der Waals surface area contributed by atoms with Crippen LogP contribution in [0.15, 0.2) is 0 Å². The Bertz CT molecular complexity index is 406. The van der Waals surface area contributed by atoms with E-state index in [0.29, 0.717) is 0 Å². The van der Waals surface area contributed by atoms with Crippen LogP contribution in [0, 0.1) is 11.8 Å². The molecule has 0 saturated carbocycles. The Morgan fingerprint density at radius 1 is 1.33 bits per heavy atom. The van der Waals surface area contributed by atoms with E-state index in [0.717, 1.165) is 4.90 Å². The first-order chi connectivity index (χ1) is 8.25. The van der Waals surface area contributed by atoms with Gasteiger partial charge in [0.1, 0.15) is 12.6 Å². The largest absolute Gasteiger partial charge is 0.481 e. The van der Waals surface area contributed by atoms with Gasteiger partial charge in [-0.2, -0.15) is 0 Å². The third-order valence-electron chi connectivity index (χ3n) is 3.24. The van der Waals surface area contributed by atoms with E-state index in [9.17, 15) is 19.2 Å². The summed E-state index contributed by atoms with van der Waals surface area (Å²) in [5, 5.41) is 11.0. The number of carboxylic acid groups (broad SMARTS) is 1. The van der Waals surface area contributed by atoms with Crippen LogP contribution in [0.4, 0.5) is 0 Å². The van der Waals surface area contributed by atoms with E-state index >= 15 is 0 Å². The molecular formula is C11H16N2O5. The molecule has 0 aromatic rings. The Kier molecular flexibility index (Phi) is 4.05. The molecule has 3 unspecified atom stereocenters. The van der Waals surface area contributed by atoms with Gasteiger partial charge >= 0.3 is 5.97 Å². The quantitative estimate of drug-likeness (QED) is 0.644. The average molecular weight is 256 g/mol. The number of nitrogens with zero attached hydrogens (tertiary/aromatic N) is 1. The molecule has 1 aliphatic heterocycles. The summed E-state index contributed by atoms with van der Waals surface area (Å²) in [6.07, 6.45) is 0. The van der Waals surface area contributed by atoms with E-state index in [2.05, 4.69) is 5.32 Å². The summed E-state index contributed by atoms with van der Waals surface area (Å²) < 4.78 is 0. The monoisotopic (exact) mass is 256 g/mol. The first kappa shape index (κ1) is 14.1. The summed E-state index contributed by atoms with van der Waals surface area (Å²) >= 11 is 0. The Labute approximate surface area is 104 Å². The zero-order valence-electron chi connectivity index (χ0n) is 10.5. The predicted molar refractivity (Wildman–Crippen MR) is 60.3 cm³/mol. The summed E-state index contributed by atoms with van der Waals surface area (Å²) in [6, 6.07) is -0.765. The highest BCUT2D eigenvalue weighted by atomic mass is 16.4. The van der Waals surface area contributed by atoms with Gasteiger partial charge in [0.2, 0.25) is 17.7 Å². The minimum atomic E-state index is -1.09. The number of imide groups is 1. The fourth-order valence-corrected chi connectivity index (χ4v) is 1.67. The van der Waals surface area contributed by atoms with Crippen LogP contribution in [0.25, 0.3) is 0 Å². The van der Waals surface area contributed by atoms with Crippen molar-refractivity contribution < 1.29 is 24.3 Å². The van der Waals surface area contributed by atoms with Gasteiger partial charge in [0, 0.05) is 5.92 Å². The number of rotatable bonds is 3. The minimum absolute atomic E-state index is 0.220. The number of carbonyl (C=O) groups is 4. The maximum absolute atomic E-state index is 12.1. The number of hydrogen-bond acceptors (Lipinski definition) is 4. The fraction of sp³-hybridized carbons (Fsp3) is 0.636. The molecule has 0 aliphatic carbocycles. The highest BCUT2D eigenvalue weighted by molar-refractivity contribution is 6.04. The first-order valence-electron chi connectivity index (χ1n) is 5.62. The molecule has 1 saturated heterocycles. The topological polar surface area (TPSA) is 104 Å². The van der Waals surface area contributed by atoms with Crippen molar-refractivity contribution >= 4 is 23.7 Å². The van der Waals surface area contributed by atoms with Crippen molar-refractivity contribution in [2.75, 3.05) is 6.54 Å². The van der Waals surface area contributed by atoms with Crippen LogP contribution in [-0.2, 0) is 19.2 Å². The Morgan fingerprint density at radius 3 is 2.39 bits per heavy atom. The van der Waals surface area contributed by atoms with Crippen LogP contribution in [0.5, 0.6) is 0 Å². The van der Waals surface area contributed by atoms with Crippen molar-refractivity contribution in [2.45, 2.75) is 26.8 Å². The van der Waals surface area contributed by atoms with E-state index in [1.807, 2.05) is 0 Å². The Balaban J connectivity index is 2.85. The van der Waals surface area contributed by atoms with Gasteiger partial charge in [0.25, 0.3) is 0 Å². The molecule has 2 N–H and O–H groups in total. The normalized spacial score (nSPS) is 23.3. The average Bonchev–Trinajstić information content (AvgIpc) is 2.30. The van der Waals surface area contributed by atoms with Gasteiger partial charge in [-0.1, -0.05) is 13.8 Å². The molecule has 1 rings (SSSR count). The minimum Gasteiger partial charge on any atom is -0.481 e. The SMILES string of the molecule is CC(C(=O)O)C(C)C(=O)N1CC(=O)NC(=O)C1C. The second-order valence-electron chi connectivity index (χ2n) is 4.47. The summed E-state index contributed by atoms with van der Waals surface area (Å²) in [5.41, 5.74) is 0. The lowest BCUT2D eigenvalue weighted by atomic mass is 9.94. The molecule has 7 nitrogen and oxygen atoms in total. The number of amides is 3. The molecule has 1 fully saturated rings. The lowest BCUT2D eigenvalue weighted by Crippen LogP contribution is -2.60. The van der Waals surface area contributed by atoms with Gasteiger partial charge in [0.15, 0.2) is 0 Å². The zero-order chi connectivity index (χ0) is 14.0. The molecule has 0 aromatic heterocycles. The molecule has 3 amide bonds. The van der Waals surface area contributed by atoms with Crippen molar-refractivity contribution in [3.8, 4) is 0 Å². The Morgan fingerprint density at radius 2 is 1.89 bits per heavy atom. The third kappa shape index (κ3) is 2.66. The third-order valence-corrected chi connectivity index (χ3v) is 3.24. The highest BCUT2D eigenvalue weighted by Gasteiger charge is 2.37. The molecule has 0 radical (unpaired) electrons. The highest BCUT2D eigenvalue weighted by Crippen LogP contribution is 2.17. The van der Waals surface area contributed by atoms with Gasteiger partial charge in [-0.05, 0) is 6.92 Å². The van der Waals surface area contributed by atoms with Gasteiger partial charge < -0.3 is 10.0 Å². The number of hydrogen-bond donors (Lipinski definition) is 2. The predicted octanol–water partition coefficient (Wildman–Crippen LogP) is -0.783. The number of carboxylic acids is 1. The molecule has 1 aliphatic rings. The van der Waals surface area contributed by atoms with Crippen molar-refractivity contribution in [2.24, 2.45) is 11.8 Å². The first-order valence-corrected chi connectivity index (χ1v) is 5.62. The van der Waals surface area contributed by atoms with Crippen LogP contribution in [-0.4, -0.2) is 46.3 Å². The zero-order valence-corrected chi connectivity index (χ0v) is 10.5. The number of aliphatic carboxylic acids is 1. The van der Waals surface area contributed by atoms with E-state index in [-0.39, 0.29) is 6.54 Å². The lowest BCUT2D eigenvalue weighted by Gasteiger charge is -2.34. The molecule has 100 valence electrons. The summed E-state index contributed by atoms with van der Waals surface area (Å²) in [6.45, 7) is 4.17. The van der Waals surface area contributed by atoms with E-state index < -0.39 is 41.6 Å². The van der Waals surface area contributed by atoms with Crippen LogP contribution in [0.3, 0.4) is 0 Å². The second kappa shape index (κ2) is 5.16. The van der Waals surface area contributed by atoms with Crippen molar-refractivity contribution in [1.82, 2.24) is 10.2 Å². The Hall–Kier alpha value is -1.92. The smallest absolute Gasteiger partial charge is 0.307 e. The molecule has 0 spiro atoms. The van der Waals surface area contributed by atoms with Crippen LogP contribution in [0.1, 0.15) is 20.8 Å². The number of nitrogens with one attached hydrogen (secondary N) is 1. The van der Waals surface area contributed by atoms with Gasteiger partial charge in [-0.3, -0.25) is 24.5 Å². The van der Waals surface area contributed by atoms with E-state index in [1.54, 1.807) is 0 Å². The van der Waals surface area contributed by atoms with Crippen molar-refractivity contribution in [3.05, 3.63) is 0 Å². The van der Waals surface area contributed by atoms with Gasteiger partial charge in [0.05, 0.1) is 5.92 Å². The summed E-state index contributed by atoms with van der Waals surface area (Å²) in [5.74, 6) is -4.35. The maximum atomic E-state index is 12.1. The number of piperazine rings is 1. The van der Waals surface area contributed by atoms with Crippen LogP contribution >= 0.6 is 0 Å². The van der Waals surface area contributed by atoms with Gasteiger partial charge in [-0.15, -0.1) is 0 Å². The lowest BCUT2D eigenvalue weighted by molar-refractivity contribution is -0.155. The van der Waals surface area contributed by atoms with Crippen LogP contribution < -0.4 is 5.32 Å². The standard InChI is InChI=1S/C11H16N2O5/c1-5(6(2)11(17)18)10(16)13-4-8(14)12-9(15)7(13)3/h5-7H,4H2,1-3H3,(H,17,18)(H,12,14,15). The summed E-state index contributed by atoms with van der Waals surface area (Å²) in [7, 11) is 0.